The molecule has 0 radical (unpaired) electrons. The minimum Gasteiger partial charge on any atom is -0.497 e. The van der Waals surface area contributed by atoms with Crippen molar-refractivity contribution in [1.29, 1.82) is 5.26 Å². The Balaban J connectivity index is 0.00000104. The third-order valence-corrected chi connectivity index (χ3v) is 9.54. The molecule has 0 aliphatic carbocycles. The predicted octanol–water partition coefficient (Wildman–Crippen LogP) is 7.21. The zero-order valence-corrected chi connectivity index (χ0v) is 26.2. The molecular formula is C36H30Cl2N4O3. The molecule has 0 bridgehead atoms. The second-order valence-electron chi connectivity index (χ2n) is 11.6. The molecule has 4 aromatic carbocycles. The van der Waals surface area contributed by atoms with Crippen LogP contribution in [0.25, 0.3) is 0 Å². The summed E-state index contributed by atoms with van der Waals surface area (Å²) < 4.78 is 5.61. The van der Waals surface area contributed by atoms with Gasteiger partial charge in [-0.05, 0) is 47.4 Å². The fraction of sp³-hybridized carbons (Fsp3) is 0.250. The summed E-state index contributed by atoms with van der Waals surface area (Å²) in [6, 6.07) is 33.7. The van der Waals surface area contributed by atoms with Gasteiger partial charge in [0, 0.05) is 17.2 Å². The van der Waals surface area contributed by atoms with E-state index in [1.165, 1.54) is 0 Å². The molecule has 45 heavy (non-hydrogen) atoms. The molecule has 8 rings (SSSR count). The average molecular weight is 638 g/mol. The predicted molar refractivity (Wildman–Crippen MR) is 175 cm³/mol. The highest BCUT2D eigenvalue weighted by molar-refractivity contribution is 6.40. The van der Waals surface area contributed by atoms with E-state index in [9.17, 15) is 10.1 Å². The first-order chi connectivity index (χ1) is 22.0. The molecule has 1 N–H and O–H groups in total. The molecule has 1 spiro atoms. The summed E-state index contributed by atoms with van der Waals surface area (Å²) in [6.45, 7) is 2.06. The lowest BCUT2D eigenvalue weighted by Gasteiger charge is -2.44. The number of nitrogens with zero attached hydrogens (tertiary/aromatic N) is 3. The number of nitrogens with one attached hydrogen (secondary N) is 1. The molecule has 0 unspecified atom stereocenters. The van der Waals surface area contributed by atoms with Crippen LogP contribution >= 0.6 is 23.2 Å². The minimum absolute atomic E-state index is 0.116. The molecule has 0 aromatic heterocycles. The van der Waals surface area contributed by atoms with Gasteiger partial charge in [0.1, 0.15) is 17.2 Å². The molecule has 1 fully saturated rings. The molecule has 7 nitrogen and oxygen atoms in total. The quantitative estimate of drug-likeness (QED) is 0.240. The molecule has 1 saturated heterocycles. The Morgan fingerprint density at radius 2 is 1.71 bits per heavy atom. The molecular weight excluding hydrogens is 607 g/mol. The number of oxime groups is 1. The van der Waals surface area contributed by atoms with E-state index in [1.807, 2.05) is 60.7 Å². The molecule has 0 saturated carbocycles. The number of benzene rings is 4. The van der Waals surface area contributed by atoms with E-state index in [1.54, 1.807) is 7.11 Å². The molecule has 226 valence electrons. The smallest absolute Gasteiger partial charge is 0.237 e. The van der Waals surface area contributed by atoms with Crippen LogP contribution in [0.5, 0.6) is 5.75 Å². The number of carbonyl (C=O) groups excluding carboxylic acids is 1. The Kier molecular flexibility index (Phi) is 7.53. The summed E-state index contributed by atoms with van der Waals surface area (Å²) in [5, 5.41) is 19.0. The van der Waals surface area contributed by atoms with Crippen molar-refractivity contribution in [3.05, 3.63) is 130 Å². The second kappa shape index (κ2) is 11.5. The zero-order chi connectivity index (χ0) is 31.3. The summed E-state index contributed by atoms with van der Waals surface area (Å²) in [6.07, 6.45) is -0.557. The minimum atomic E-state index is -1.10. The van der Waals surface area contributed by atoms with Crippen molar-refractivity contribution in [2.24, 2.45) is 5.16 Å². The van der Waals surface area contributed by atoms with Gasteiger partial charge in [-0.25, -0.2) is 4.90 Å². The third-order valence-electron chi connectivity index (χ3n) is 9.54. The van der Waals surface area contributed by atoms with Gasteiger partial charge in [-0.2, -0.15) is 5.26 Å². The first-order valence-corrected chi connectivity index (χ1v) is 15.8. The first-order valence-electron chi connectivity index (χ1n) is 14.7. The van der Waals surface area contributed by atoms with Gasteiger partial charge in [-0.15, -0.1) is 23.2 Å². The summed E-state index contributed by atoms with van der Waals surface area (Å²) in [5.74, 6) is -0.173. The van der Waals surface area contributed by atoms with Crippen molar-refractivity contribution in [3.8, 4) is 11.8 Å². The number of ether oxygens (including phenoxy) is 1. The summed E-state index contributed by atoms with van der Waals surface area (Å²) in [4.78, 5) is 23.0. The van der Waals surface area contributed by atoms with E-state index in [4.69, 9.17) is 32.8 Å². The van der Waals surface area contributed by atoms with E-state index in [-0.39, 0.29) is 17.2 Å². The van der Waals surface area contributed by atoms with Gasteiger partial charge in [-0.3, -0.25) is 4.79 Å². The van der Waals surface area contributed by atoms with Gasteiger partial charge in [0.05, 0.1) is 36.2 Å². The Morgan fingerprint density at radius 3 is 2.44 bits per heavy atom. The van der Waals surface area contributed by atoms with Crippen LogP contribution in [0, 0.1) is 18.3 Å². The number of rotatable bonds is 3. The number of anilines is 1. The topological polar surface area (TPSA) is 86.9 Å². The van der Waals surface area contributed by atoms with Crippen molar-refractivity contribution < 1.29 is 14.4 Å². The Labute approximate surface area is 272 Å². The van der Waals surface area contributed by atoms with Gasteiger partial charge in [-0.1, -0.05) is 89.6 Å². The summed E-state index contributed by atoms with van der Waals surface area (Å²) >= 11 is 9.53. The molecule has 4 heterocycles. The Hall–Kier alpha value is -4.35. The number of nitriles is 1. The van der Waals surface area contributed by atoms with Crippen LogP contribution in [-0.4, -0.2) is 41.2 Å². The van der Waals surface area contributed by atoms with E-state index >= 15 is 0 Å². The number of methoxy groups -OCH3 is 1. The van der Waals surface area contributed by atoms with Crippen LogP contribution in [0.3, 0.4) is 0 Å². The van der Waals surface area contributed by atoms with Crippen LogP contribution in [-0.2, 0) is 15.0 Å². The van der Waals surface area contributed by atoms with E-state index in [2.05, 4.69) is 64.8 Å². The van der Waals surface area contributed by atoms with Crippen molar-refractivity contribution in [2.45, 2.75) is 42.5 Å². The first kappa shape index (κ1) is 29.4. The lowest BCUT2D eigenvalue weighted by Crippen LogP contribution is -2.51. The van der Waals surface area contributed by atoms with E-state index in [0.717, 1.165) is 44.8 Å². The lowest BCUT2D eigenvalue weighted by molar-refractivity contribution is -0.124. The highest BCUT2D eigenvalue weighted by Gasteiger charge is 2.72. The van der Waals surface area contributed by atoms with Gasteiger partial charge < -0.3 is 14.9 Å². The average Bonchev–Trinajstić information content (AvgIpc) is 3.73. The van der Waals surface area contributed by atoms with Crippen LogP contribution in [0.4, 0.5) is 5.69 Å². The van der Waals surface area contributed by atoms with E-state index < -0.39 is 29.6 Å². The normalized spacial score (nSPS) is 27.0. The molecule has 1 amide bonds. The van der Waals surface area contributed by atoms with Crippen LogP contribution in [0.1, 0.15) is 51.3 Å². The SMILES string of the molecule is COc1cccc([C@@H]2[C@H](C#N)N3[C@H]4ON=C(c5ccc(C)cc5)[C@H]4c4ccccc4[C@@H]3[C@@]23C(=O)Nc2ccccc23)c1.ClCCl. The largest absolute Gasteiger partial charge is 0.497 e. The number of fused-ring (bicyclic) bond motifs is 9. The maximum atomic E-state index is 14.6. The number of hydrogen-bond donors (Lipinski definition) is 1. The molecule has 6 atom stereocenters. The number of amides is 1. The number of carbonyl (C=O) groups is 1. The highest BCUT2D eigenvalue weighted by atomic mass is 35.5. The molecule has 9 heteroatoms. The number of aryl methyl sites for hydroxylation is 1. The van der Waals surface area contributed by atoms with Crippen LogP contribution < -0.4 is 10.1 Å². The van der Waals surface area contributed by atoms with Crippen molar-refractivity contribution in [2.75, 3.05) is 17.8 Å². The molecule has 4 aromatic rings. The van der Waals surface area contributed by atoms with Crippen molar-refractivity contribution >= 4 is 40.5 Å². The second-order valence-corrected chi connectivity index (χ2v) is 12.4. The number of hydrogen-bond acceptors (Lipinski definition) is 6. The molecule has 4 aliphatic rings. The van der Waals surface area contributed by atoms with Gasteiger partial charge in [0.15, 0.2) is 6.23 Å². The van der Waals surface area contributed by atoms with Gasteiger partial charge in [0.25, 0.3) is 0 Å². The molecule has 4 aliphatic heterocycles. The fourth-order valence-electron chi connectivity index (χ4n) is 7.89. The standard InChI is InChI=1S/C35H28N4O3.CH2Cl2/c1-20-14-16-21(17-15-20)31-29-24-10-3-4-11-25(24)32-35(26-12-5-6-13-27(26)37-34(35)40)30(22-8-7-9-23(18-22)41-2)28(19-36)39(32)33(29)42-38-31;2-1-3/h3-18,28-30,32-33H,1-2H3,(H,37,40);1H2/t28-,29+,30+,32+,33-,35-;/m0./s1. The monoisotopic (exact) mass is 636 g/mol. The Morgan fingerprint density at radius 1 is 1.00 bits per heavy atom. The zero-order valence-electron chi connectivity index (χ0n) is 24.7. The van der Waals surface area contributed by atoms with Gasteiger partial charge in [0.2, 0.25) is 5.91 Å². The number of alkyl halides is 2. The van der Waals surface area contributed by atoms with Crippen molar-refractivity contribution in [1.82, 2.24) is 4.90 Å². The van der Waals surface area contributed by atoms with Gasteiger partial charge >= 0.3 is 0 Å². The number of para-hydroxylation sites is 1. The van der Waals surface area contributed by atoms with Crippen molar-refractivity contribution in [3.63, 3.8) is 0 Å². The van der Waals surface area contributed by atoms with Crippen LogP contribution in [0.2, 0.25) is 0 Å². The summed E-state index contributed by atoms with van der Waals surface area (Å²) in [5.41, 5.74) is 6.50. The lowest BCUT2D eigenvalue weighted by atomic mass is 9.62. The third kappa shape index (κ3) is 4.28. The Bertz CT molecular complexity index is 1860. The maximum Gasteiger partial charge on any atom is 0.237 e. The highest BCUT2D eigenvalue weighted by Crippen LogP contribution is 2.66. The van der Waals surface area contributed by atoms with Crippen LogP contribution in [0.15, 0.2) is 102 Å². The maximum absolute atomic E-state index is 14.6. The number of halogens is 2. The summed E-state index contributed by atoms with van der Waals surface area (Å²) in [7, 11) is 1.63. The fourth-order valence-corrected chi connectivity index (χ4v) is 7.89. The van der Waals surface area contributed by atoms with E-state index in [0.29, 0.717) is 5.75 Å².